The first-order chi connectivity index (χ1) is 32.3. The molecule has 0 saturated carbocycles. The summed E-state index contributed by atoms with van der Waals surface area (Å²) in [5.74, 6) is 0.120. The third-order valence-electron chi connectivity index (χ3n) is 10.2. The van der Waals surface area contributed by atoms with Crippen molar-refractivity contribution in [3.8, 4) is 0 Å². The van der Waals surface area contributed by atoms with Gasteiger partial charge in [0.25, 0.3) is 0 Å². The molecule has 0 saturated heterocycles. The Morgan fingerprint density at radius 2 is 0.957 bits per heavy atom. The summed E-state index contributed by atoms with van der Waals surface area (Å²) < 4.78 is 36.1. The second-order valence-electron chi connectivity index (χ2n) is 18.6. The molecule has 0 aliphatic carbocycles. The fourth-order valence-electron chi connectivity index (χ4n) is 6.39. The summed E-state index contributed by atoms with van der Waals surface area (Å²) in [6.07, 6.45) is 2.00. The lowest BCUT2D eigenvalue weighted by Crippen LogP contribution is -2.35. The molecular weight excluding hydrogens is 1240 g/mol. The maximum atomic E-state index is 12.0. The lowest BCUT2D eigenvalue weighted by Gasteiger charge is -2.23. The number of rotatable bonds is 10. The van der Waals surface area contributed by atoms with Gasteiger partial charge in [0.05, 0.1) is 38.4 Å². The molecule has 5 aromatic carbocycles. The molecular formula is C55H71Br5N4O4S2. The van der Waals surface area contributed by atoms with Crippen LogP contribution < -0.4 is 10.5 Å². The molecule has 0 fully saturated rings. The quantitative estimate of drug-likeness (QED) is 0.0817. The van der Waals surface area contributed by atoms with Gasteiger partial charge in [0, 0.05) is 40.0 Å². The van der Waals surface area contributed by atoms with Crippen molar-refractivity contribution >= 4 is 126 Å². The summed E-state index contributed by atoms with van der Waals surface area (Å²) >= 11 is 17.0. The van der Waals surface area contributed by atoms with Gasteiger partial charge in [-0.05, 0) is 222 Å². The molecule has 5 rings (SSSR count). The van der Waals surface area contributed by atoms with Crippen LogP contribution in [0, 0.1) is 34.6 Å². The van der Waals surface area contributed by atoms with E-state index in [2.05, 4.69) is 132 Å². The fraction of sp³-hybridized carbons (Fsp3) is 0.382. The highest BCUT2D eigenvalue weighted by Crippen LogP contribution is 2.26. The highest BCUT2D eigenvalue weighted by atomic mass is 79.9. The molecule has 3 N–H and O–H groups in total. The zero-order valence-corrected chi connectivity index (χ0v) is 52.9. The zero-order chi connectivity index (χ0) is 53.8. The van der Waals surface area contributed by atoms with Crippen LogP contribution in [0.15, 0.2) is 123 Å². The van der Waals surface area contributed by atoms with E-state index in [0.717, 1.165) is 55.9 Å². The molecule has 15 heteroatoms. The summed E-state index contributed by atoms with van der Waals surface area (Å²) in [7, 11) is -2.25. The predicted octanol–water partition coefficient (Wildman–Crippen LogP) is 16.7. The Hall–Kier alpha value is -2.60. The van der Waals surface area contributed by atoms with E-state index in [4.69, 9.17) is 5.73 Å². The molecule has 0 spiro atoms. The largest absolute Gasteiger partial charge is 0.324 e. The number of aldehydes is 1. The number of aliphatic imine (C=N–C) groups is 1. The zero-order valence-electron chi connectivity index (χ0n) is 43.4. The SMILES string of the molecule is CC(=N[S@](=O)C(C)(C)C)c1ccc(Br)cc1C.CC(=O)c1ccc(Br)cc1C.Cc1cc(Br)ccc1C(C)N[S@](=O)C(C)(C)C.Cc1cc(Br)ccc1[C@H](C)N.Cc1cc(Br)ccc1[C@H](C)N=CC=O. The van der Waals surface area contributed by atoms with Crippen LogP contribution in [0.25, 0.3) is 0 Å². The molecule has 1 unspecified atom stereocenters. The highest BCUT2D eigenvalue weighted by Gasteiger charge is 2.22. The second kappa shape index (κ2) is 31.2. The maximum Gasteiger partial charge on any atom is 0.160 e. The Morgan fingerprint density at radius 3 is 1.30 bits per heavy atom. The van der Waals surface area contributed by atoms with E-state index in [1.165, 1.54) is 34.0 Å². The van der Waals surface area contributed by atoms with Gasteiger partial charge in [-0.15, -0.1) is 0 Å². The molecule has 0 heterocycles. The van der Waals surface area contributed by atoms with Crippen LogP contribution in [-0.2, 0) is 26.8 Å². The number of hydrogen-bond acceptors (Lipinski definition) is 6. The van der Waals surface area contributed by atoms with Crippen molar-refractivity contribution in [2.45, 2.75) is 138 Å². The van der Waals surface area contributed by atoms with Crippen molar-refractivity contribution in [2.24, 2.45) is 15.1 Å². The van der Waals surface area contributed by atoms with Gasteiger partial charge in [-0.3, -0.25) is 14.6 Å². The van der Waals surface area contributed by atoms with Crippen molar-refractivity contribution in [1.82, 2.24) is 4.72 Å². The molecule has 5 aromatic rings. The van der Waals surface area contributed by atoms with Crippen LogP contribution in [-0.4, -0.2) is 41.9 Å². The monoisotopic (exact) mass is 1310 g/mol. The number of nitrogens with one attached hydrogen (secondary N) is 1. The predicted molar refractivity (Wildman–Crippen MR) is 320 cm³/mol. The third-order valence-corrected chi connectivity index (χ3v) is 15.8. The first-order valence-electron chi connectivity index (χ1n) is 22.5. The Balaban J connectivity index is 0.000000443. The maximum absolute atomic E-state index is 12.0. The number of carbonyl (C=O) groups is 2. The van der Waals surface area contributed by atoms with E-state index in [9.17, 15) is 18.0 Å². The number of aryl methyl sites for hydroxylation is 5. The fourth-order valence-corrected chi connectivity index (χ4v) is 10.2. The first-order valence-corrected chi connectivity index (χ1v) is 28.7. The van der Waals surface area contributed by atoms with Crippen molar-refractivity contribution < 1.29 is 18.0 Å². The molecule has 8 nitrogen and oxygen atoms in total. The highest BCUT2D eigenvalue weighted by molar-refractivity contribution is 9.11. The Bertz CT molecular complexity index is 2640. The lowest BCUT2D eigenvalue weighted by molar-refractivity contribution is -0.102. The van der Waals surface area contributed by atoms with E-state index in [1.54, 1.807) is 6.92 Å². The minimum atomic E-state index is -1.21. The van der Waals surface area contributed by atoms with Crippen LogP contribution in [0.5, 0.6) is 0 Å². The molecule has 0 amide bonds. The Kier molecular flexibility index (Phi) is 29.2. The van der Waals surface area contributed by atoms with Gasteiger partial charge >= 0.3 is 0 Å². The molecule has 0 aliphatic rings. The van der Waals surface area contributed by atoms with Crippen molar-refractivity contribution in [3.05, 3.63) is 169 Å². The number of nitrogens with zero attached hydrogens (tertiary/aromatic N) is 2. The van der Waals surface area contributed by atoms with Gasteiger partial charge in [0.2, 0.25) is 0 Å². The van der Waals surface area contributed by atoms with Crippen molar-refractivity contribution in [3.63, 3.8) is 0 Å². The molecule has 70 heavy (non-hydrogen) atoms. The average Bonchev–Trinajstić information content (AvgIpc) is 3.22. The van der Waals surface area contributed by atoms with Crippen LogP contribution in [0.4, 0.5) is 0 Å². The Morgan fingerprint density at radius 1 is 0.586 bits per heavy atom. The topological polar surface area (TPSA) is 131 Å². The van der Waals surface area contributed by atoms with E-state index in [0.29, 0.717) is 6.29 Å². The van der Waals surface area contributed by atoms with Crippen LogP contribution in [0.2, 0.25) is 0 Å². The lowest BCUT2D eigenvalue weighted by atomic mass is 10.0. The van der Waals surface area contributed by atoms with Gasteiger partial charge in [-0.2, -0.15) is 4.40 Å². The molecule has 0 bridgehead atoms. The second-order valence-corrected chi connectivity index (χ2v) is 27.1. The number of benzene rings is 5. The number of nitrogens with two attached hydrogens (primary N) is 1. The summed E-state index contributed by atoms with van der Waals surface area (Å²) in [6.45, 7) is 31.3. The normalized spacial score (nSPS) is 13.6. The number of halogens is 5. The van der Waals surface area contributed by atoms with Crippen molar-refractivity contribution in [2.75, 3.05) is 0 Å². The smallest absolute Gasteiger partial charge is 0.160 e. The van der Waals surface area contributed by atoms with Crippen molar-refractivity contribution in [1.29, 1.82) is 0 Å². The number of Topliss-reactive ketones (excluding diaryl/α,β-unsaturated/α-hetero) is 1. The van der Waals surface area contributed by atoms with Gasteiger partial charge < -0.3 is 5.73 Å². The average molecular weight is 1320 g/mol. The van der Waals surface area contributed by atoms with Crippen LogP contribution >= 0.6 is 79.6 Å². The molecule has 382 valence electrons. The number of carbonyl (C=O) groups excluding carboxylic acids is 2. The van der Waals surface area contributed by atoms with Gasteiger partial charge in [0.15, 0.2) is 12.1 Å². The van der Waals surface area contributed by atoms with E-state index in [-0.39, 0.29) is 33.4 Å². The van der Waals surface area contributed by atoms with E-state index < -0.39 is 22.0 Å². The summed E-state index contributed by atoms with van der Waals surface area (Å²) in [6, 6.07) is 30.3. The Labute approximate surface area is 466 Å². The standard InChI is InChI=1S/C13H20BrNOS.C13H18BrNOS.C11H12BrNO.C9H12BrN.C9H9BrO/c2*1-9-8-11(14)6-7-12(9)10(2)15-17(16)13(3,4)5;1-8-7-10(12)3-4-11(8)9(2)13-5-6-14;2*1-6-5-8(10)3-4-9(6)7(2)11/h6-8,10,15H,1-5H3;6-8H,1-5H3;3-7,9H,1-2H3;3-5,7H,11H2,1-2H3;3-5H,1-2H3/t10?,17-;17-;9-;7-;/m1100./s1. The number of hydrogen-bond donors (Lipinski definition) is 2. The molecule has 0 aliphatic heterocycles. The van der Waals surface area contributed by atoms with Gasteiger partial charge in [-0.25, -0.2) is 13.1 Å². The van der Waals surface area contributed by atoms with E-state index >= 15 is 0 Å². The summed E-state index contributed by atoms with van der Waals surface area (Å²) in [5.41, 5.74) is 17.7. The van der Waals surface area contributed by atoms with Crippen LogP contribution in [0.3, 0.4) is 0 Å². The molecule has 0 radical (unpaired) electrons. The number of ketones is 1. The minimum Gasteiger partial charge on any atom is -0.324 e. The summed E-state index contributed by atoms with van der Waals surface area (Å²) in [4.78, 5) is 25.2. The third kappa shape index (κ3) is 24.0. The van der Waals surface area contributed by atoms with Gasteiger partial charge in [0.1, 0.15) is 11.0 Å². The first kappa shape index (κ1) is 65.4. The van der Waals surface area contributed by atoms with Crippen LogP contribution in [0.1, 0.15) is 155 Å². The van der Waals surface area contributed by atoms with E-state index in [1.807, 2.05) is 157 Å². The molecule has 0 aromatic heterocycles. The minimum absolute atomic E-state index is 0.0355. The molecule has 5 atom stereocenters. The summed E-state index contributed by atoms with van der Waals surface area (Å²) in [5, 5.41) is 0. The van der Waals surface area contributed by atoms with Gasteiger partial charge in [-0.1, -0.05) is 110 Å².